The van der Waals surface area contributed by atoms with Gasteiger partial charge in [0.05, 0.1) is 17.8 Å². The molecular formula is C17H26O5. The standard InChI is InChI=1S/C17H26O5/c1-10(18)22-13-11(17(4)9-21-17)5-7-15(2)12(19)6-8-16(3,20)14(13)15/h11,13-14,20H,5-9H2,1-4H3/t11-,13-,14-,15+,16+,17-/m1/s1. The average molecular weight is 310 g/mol. The number of carbonyl (C=O) groups is 2. The van der Waals surface area contributed by atoms with Gasteiger partial charge in [-0.2, -0.15) is 0 Å². The second-order valence-corrected chi connectivity index (χ2v) is 8.00. The van der Waals surface area contributed by atoms with E-state index in [1.165, 1.54) is 6.92 Å². The molecule has 5 heteroatoms. The Morgan fingerprint density at radius 2 is 1.95 bits per heavy atom. The molecule has 1 saturated heterocycles. The number of aliphatic hydroxyl groups is 1. The minimum absolute atomic E-state index is 0.0341. The molecule has 3 fully saturated rings. The van der Waals surface area contributed by atoms with E-state index in [0.29, 0.717) is 25.9 Å². The average Bonchev–Trinajstić information content (AvgIpc) is 3.12. The van der Waals surface area contributed by atoms with Crippen LogP contribution < -0.4 is 0 Å². The first-order valence-corrected chi connectivity index (χ1v) is 8.17. The summed E-state index contributed by atoms with van der Waals surface area (Å²) in [7, 11) is 0. The second kappa shape index (κ2) is 4.78. The number of hydrogen-bond donors (Lipinski definition) is 1. The van der Waals surface area contributed by atoms with Crippen LogP contribution in [0.25, 0.3) is 0 Å². The molecule has 5 nitrogen and oxygen atoms in total. The van der Waals surface area contributed by atoms with Crippen molar-refractivity contribution < 1.29 is 24.2 Å². The van der Waals surface area contributed by atoms with E-state index >= 15 is 0 Å². The number of rotatable bonds is 2. The van der Waals surface area contributed by atoms with Crippen molar-refractivity contribution in [1.29, 1.82) is 0 Å². The number of hydrogen-bond acceptors (Lipinski definition) is 5. The molecule has 0 aromatic carbocycles. The van der Waals surface area contributed by atoms with Gasteiger partial charge in [0.1, 0.15) is 11.9 Å². The summed E-state index contributed by atoms with van der Waals surface area (Å²) < 4.78 is 11.3. The summed E-state index contributed by atoms with van der Waals surface area (Å²) in [5.74, 6) is -0.518. The van der Waals surface area contributed by atoms with Crippen LogP contribution in [-0.2, 0) is 19.1 Å². The molecule has 0 radical (unpaired) electrons. The largest absolute Gasteiger partial charge is 0.462 e. The van der Waals surface area contributed by atoms with Gasteiger partial charge in [-0.15, -0.1) is 0 Å². The maximum atomic E-state index is 12.6. The molecular weight excluding hydrogens is 284 g/mol. The van der Waals surface area contributed by atoms with Gasteiger partial charge in [-0.25, -0.2) is 0 Å². The molecule has 0 amide bonds. The van der Waals surface area contributed by atoms with Gasteiger partial charge in [-0.3, -0.25) is 9.59 Å². The van der Waals surface area contributed by atoms with E-state index in [9.17, 15) is 14.7 Å². The van der Waals surface area contributed by atoms with Crippen LogP contribution in [0.3, 0.4) is 0 Å². The first-order valence-electron chi connectivity index (χ1n) is 8.17. The third-order valence-corrected chi connectivity index (χ3v) is 6.24. The van der Waals surface area contributed by atoms with Crippen molar-refractivity contribution in [2.45, 2.75) is 70.7 Å². The number of esters is 1. The maximum absolute atomic E-state index is 12.6. The van der Waals surface area contributed by atoms with Gasteiger partial charge in [-0.1, -0.05) is 6.92 Å². The number of fused-ring (bicyclic) bond motifs is 1. The highest BCUT2D eigenvalue weighted by Crippen LogP contribution is 2.58. The summed E-state index contributed by atoms with van der Waals surface area (Å²) in [4.78, 5) is 24.2. The quantitative estimate of drug-likeness (QED) is 0.622. The zero-order chi connectivity index (χ0) is 16.3. The van der Waals surface area contributed by atoms with Crippen molar-refractivity contribution in [1.82, 2.24) is 0 Å². The van der Waals surface area contributed by atoms with E-state index in [4.69, 9.17) is 9.47 Å². The second-order valence-electron chi connectivity index (χ2n) is 8.00. The number of epoxide rings is 1. The molecule has 22 heavy (non-hydrogen) atoms. The summed E-state index contributed by atoms with van der Waals surface area (Å²) in [6.07, 6.45) is 1.85. The van der Waals surface area contributed by atoms with Crippen molar-refractivity contribution in [3.63, 3.8) is 0 Å². The van der Waals surface area contributed by atoms with Gasteiger partial charge in [0.2, 0.25) is 0 Å². The Morgan fingerprint density at radius 3 is 2.50 bits per heavy atom. The Morgan fingerprint density at radius 1 is 1.32 bits per heavy atom. The van der Waals surface area contributed by atoms with Crippen LogP contribution >= 0.6 is 0 Å². The summed E-state index contributed by atoms with van der Waals surface area (Å²) in [6, 6.07) is 0. The Balaban J connectivity index is 2.02. The summed E-state index contributed by atoms with van der Waals surface area (Å²) in [6.45, 7) is 7.76. The number of Topliss-reactive ketones (excluding diaryl/α,β-unsaturated/α-hetero) is 1. The summed E-state index contributed by atoms with van der Waals surface area (Å²) in [5, 5.41) is 11.0. The summed E-state index contributed by atoms with van der Waals surface area (Å²) in [5.41, 5.74) is -1.92. The Labute approximate surface area is 131 Å². The van der Waals surface area contributed by atoms with Crippen LogP contribution in [0.15, 0.2) is 0 Å². The van der Waals surface area contributed by atoms with Gasteiger partial charge < -0.3 is 14.6 Å². The number of ether oxygens (including phenoxy) is 2. The SMILES string of the molecule is CC(=O)O[C@@H]1[C@H]([C@@]2(C)CO2)CC[C@@]2(C)C(=O)CC[C@](C)(O)[C@H]12. The fraction of sp³-hybridized carbons (Fsp3) is 0.882. The fourth-order valence-electron chi connectivity index (χ4n) is 4.85. The van der Waals surface area contributed by atoms with E-state index in [1.807, 2.05) is 13.8 Å². The van der Waals surface area contributed by atoms with Gasteiger partial charge in [0, 0.05) is 30.6 Å². The minimum Gasteiger partial charge on any atom is -0.462 e. The molecule has 0 bridgehead atoms. The lowest BCUT2D eigenvalue weighted by molar-refractivity contribution is -0.205. The van der Waals surface area contributed by atoms with Crippen molar-refractivity contribution in [2.24, 2.45) is 17.3 Å². The van der Waals surface area contributed by atoms with Crippen LogP contribution in [0, 0.1) is 17.3 Å². The van der Waals surface area contributed by atoms with Crippen molar-refractivity contribution >= 4 is 11.8 Å². The molecule has 1 N–H and O–H groups in total. The minimum atomic E-state index is -1.01. The van der Waals surface area contributed by atoms with E-state index in [-0.39, 0.29) is 29.2 Å². The molecule has 1 heterocycles. The Bertz CT molecular complexity index is 507. The molecule has 2 aliphatic carbocycles. The molecule has 0 spiro atoms. The van der Waals surface area contributed by atoms with Gasteiger partial charge in [0.15, 0.2) is 0 Å². The van der Waals surface area contributed by atoms with Crippen LogP contribution in [0.5, 0.6) is 0 Å². The highest BCUT2D eigenvalue weighted by atomic mass is 16.6. The van der Waals surface area contributed by atoms with Crippen molar-refractivity contribution in [2.75, 3.05) is 6.61 Å². The summed E-state index contributed by atoms with van der Waals surface area (Å²) >= 11 is 0. The van der Waals surface area contributed by atoms with Crippen LogP contribution in [0.1, 0.15) is 53.4 Å². The fourth-order valence-corrected chi connectivity index (χ4v) is 4.85. The van der Waals surface area contributed by atoms with Crippen molar-refractivity contribution in [3.05, 3.63) is 0 Å². The van der Waals surface area contributed by atoms with E-state index in [1.54, 1.807) is 6.92 Å². The zero-order valence-corrected chi connectivity index (χ0v) is 13.8. The first kappa shape index (κ1) is 15.9. The highest BCUT2D eigenvalue weighted by Gasteiger charge is 2.65. The molecule has 6 atom stereocenters. The molecule has 2 saturated carbocycles. The lowest BCUT2D eigenvalue weighted by Crippen LogP contribution is -2.63. The van der Waals surface area contributed by atoms with Crippen LogP contribution in [-0.4, -0.2) is 40.8 Å². The lowest BCUT2D eigenvalue weighted by Gasteiger charge is -2.56. The smallest absolute Gasteiger partial charge is 0.302 e. The van der Waals surface area contributed by atoms with Crippen LogP contribution in [0.4, 0.5) is 0 Å². The Kier molecular flexibility index (Phi) is 3.46. The number of ketones is 1. The molecule has 3 aliphatic rings. The van der Waals surface area contributed by atoms with E-state index in [2.05, 4.69) is 0 Å². The topological polar surface area (TPSA) is 76.1 Å². The third kappa shape index (κ3) is 2.29. The van der Waals surface area contributed by atoms with Gasteiger partial charge >= 0.3 is 5.97 Å². The van der Waals surface area contributed by atoms with Gasteiger partial charge in [0.25, 0.3) is 0 Å². The maximum Gasteiger partial charge on any atom is 0.302 e. The Hall–Kier alpha value is -0.940. The molecule has 0 aromatic heterocycles. The molecule has 124 valence electrons. The molecule has 0 unspecified atom stereocenters. The highest BCUT2D eigenvalue weighted by molar-refractivity contribution is 5.86. The first-order chi connectivity index (χ1) is 10.1. The van der Waals surface area contributed by atoms with Crippen LogP contribution in [0.2, 0.25) is 0 Å². The number of carbonyl (C=O) groups excluding carboxylic acids is 2. The van der Waals surface area contributed by atoms with E-state index < -0.39 is 17.1 Å². The van der Waals surface area contributed by atoms with E-state index in [0.717, 1.165) is 6.42 Å². The third-order valence-electron chi connectivity index (χ3n) is 6.24. The molecule has 0 aromatic rings. The van der Waals surface area contributed by atoms with Gasteiger partial charge in [-0.05, 0) is 33.1 Å². The predicted octanol–water partition coefficient (Wildman–Crippen LogP) is 1.85. The normalized spacial score (nSPS) is 51.1. The predicted molar refractivity (Wildman–Crippen MR) is 79.1 cm³/mol. The molecule has 1 aliphatic heterocycles. The monoisotopic (exact) mass is 310 g/mol. The lowest BCUT2D eigenvalue weighted by atomic mass is 9.50. The molecule has 3 rings (SSSR count). The van der Waals surface area contributed by atoms with Crippen molar-refractivity contribution in [3.8, 4) is 0 Å². The zero-order valence-electron chi connectivity index (χ0n) is 13.8.